The van der Waals surface area contributed by atoms with Gasteiger partial charge in [-0.3, -0.25) is 5.32 Å². The van der Waals surface area contributed by atoms with E-state index in [1.807, 2.05) is 5.32 Å². The van der Waals surface area contributed by atoms with Crippen molar-refractivity contribution in [3.63, 3.8) is 0 Å². The fourth-order valence-electron chi connectivity index (χ4n) is 2.46. The van der Waals surface area contributed by atoms with Crippen LogP contribution in [0.15, 0.2) is 42.7 Å². The van der Waals surface area contributed by atoms with Gasteiger partial charge >= 0.3 is 12.3 Å². The predicted octanol–water partition coefficient (Wildman–Crippen LogP) is 4.46. The zero-order valence-electron chi connectivity index (χ0n) is 12.4. The normalized spacial score (nSPS) is 11.7. The molecule has 0 aliphatic carbocycles. The van der Waals surface area contributed by atoms with Crippen molar-refractivity contribution >= 4 is 28.2 Å². The van der Waals surface area contributed by atoms with Crippen molar-refractivity contribution in [2.45, 2.75) is 6.18 Å². The number of hydrogen-bond donors (Lipinski definition) is 3. The first-order valence-corrected chi connectivity index (χ1v) is 6.94. The standard InChI is InChI=1S/C16H11F4N3O2/c17-13-12(4-3-11(14(13)21)22-15(24)25)23-6-8-1-2-10(16(18,19)20)5-9(8)7-23/h1-7,22H,21H2,(H,24,25). The summed E-state index contributed by atoms with van der Waals surface area (Å²) in [5, 5.41) is 11.4. The molecule has 3 rings (SSSR count). The van der Waals surface area contributed by atoms with Crippen LogP contribution in [-0.2, 0) is 6.18 Å². The maximum Gasteiger partial charge on any atom is 0.416 e. The molecule has 3 aromatic rings. The highest BCUT2D eigenvalue weighted by molar-refractivity contribution is 5.89. The fraction of sp³-hybridized carbons (Fsp3) is 0.0625. The summed E-state index contributed by atoms with van der Waals surface area (Å²) < 4.78 is 54.0. The van der Waals surface area contributed by atoms with Crippen LogP contribution in [0, 0.1) is 5.82 Å². The Morgan fingerprint density at radius 1 is 1.12 bits per heavy atom. The lowest BCUT2D eigenvalue weighted by Crippen LogP contribution is -2.11. The lowest BCUT2D eigenvalue weighted by atomic mass is 10.1. The predicted molar refractivity (Wildman–Crippen MR) is 84.3 cm³/mol. The summed E-state index contributed by atoms with van der Waals surface area (Å²) in [6.07, 6.45) is -3.08. The molecule has 0 aliphatic rings. The number of carboxylic acid groups (broad SMARTS) is 1. The molecule has 1 aromatic heterocycles. The Balaban J connectivity index is 2.07. The van der Waals surface area contributed by atoms with Gasteiger partial charge in [-0.15, -0.1) is 0 Å². The van der Waals surface area contributed by atoms with Gasteiger partial charge in [0.25, 0.3) is 0 Å². The highest BCUT2D eigenvalue weighted by Gasteiger charge is 2.30. The Morgan fingerprint density at radius 2 is 1.80 bits per heavy atom. The molecule has 0 saturated heterocycles. The van der Waals surface area contributed by atoms with Gasteiger partial charge in [0.1, 0.15) is 0 Å². The van der Waals surface area contributed by atoms with Crippen LogP contribution in [-0.4, -0.2) is 15.8 Å². The van der Waals surface area contributed by atoms with E-state index in [1.165, 1.54) is 35.2 Å². The fourth-order valence-corrected chi connectivity index (χ4v) is 2.46. The topological polar surface area (TPSA) is 80.3 Å². The third kappa shape index (κ3) is 3.08. The maximum atomic E-state index is 14.4. The highest BCUT2D eigenvalue weighted by Crippen LogP contribution is 2.33. The number of nitrogens with two attached hydrogens (primary N) is 1. The summed E-state index contributed by atoms with van der Waals surface area (Å²) in [4.78, 5) is 10.6. The van der Waals surface area contributed by atoms with Gasteiger partial charge < -0.3 is 15.4 Å². The van der Waals surface area contributed by atoms with Crippen molar-refractivity contribution in [1.82, 2.24) is 4.57 Å². The lowest BCUT2D eigenvalue weighted by Gasteiger charge is -2.10. The number of aromatic nitrogens is 1. The van der Waals surface area contributed by atoms with Gasteiger partial charge in [-0.25, -0.2) is 9.18 Å². The van der Waals surface area contributed by atoms with Crippen molar-refractivity contribution in [2.75, 3.05) is 11.1 Å². The number of anilines is 2. The quantitative estimate of drug-likeness (QED) is 0.470. The molecule has 0 bridgehead atoms. The van der Waals surface area contributed by atoms with E-state index in [-0.39, 0.29) is 16.8 Å². The first kappa shape index (κ1) is 16.6. The van der Waals surface area contributed by atoms with Crippen molar-refractivity contribution < 1.29 is 27.5 Å². The maximum absolute atomic E-state index is 14.4. The summed E-state index contributed by atoms with van der Waals surface area (Å²) >= 11 is 0. The first-order chi connectivity index (χ1) is 11.7. The van der Waals surface area contributed by atoms with E-state index in [2.05, 4.69) is 0 Å². The molecule has 4 N–H and O–H groups in total. The molecule has 130 valence electrons. The number of nitrogen functional groups attached to an aromatic ring is 1. The lowest BCUT2D eigenvalue weighted by molar-refractivity contribution is -0.137. The van der Waals surface area contributed by atoms with E-state index in [0.717, 1.165) is 12.1 Å². The van der Waals surface area contributed by atoms with Crippen molar-refractivity contribution in [3.8, 4) is 5.69 Å². The van der Waals surface area contributed by atoms with Crippen LogP contribution in [0.1, 0.15) is 5.56 Å². The Bertz CT molecular complexity index is 979. The molecule has 2 aromatic carbocycles. The van der Waals surface area contributed by atoms with Gasteiger partial charge in [0.05, 0.1) is 22.6 Å². The third-order valence-corrected chi connectivity index (χ3v) is 3.65. The Morgan fingerprint density at radius 3 is 2.44 bits per heavy atom. The number of halogens is 4. The van der Waals surface area contributed by atoms with Crippen LogP contribution in [0.5, 0.6) is 0 Å². The number of benzene rings is 2. The molecule has 0 spiro atoms. The zero-order valence-corrected chi connectivity index (χ0v) is 12.4. The smallest absolute Gasteiger partial charge is 0.416 e. The van der Waals surface area contributed by atoms with Crippen LogP contribution in [0.3, 0.4) is 0 Å². The summed E-state index contributed by atoms with van der Waals surface area (Å²) in [7, 11) is 0. The number of nitrogens with zero attached hydrogens (tertiary/aromatic N) is 1. The summed E-state index contributed by atoms with van der Waals surface area (Å²) in [6.45, 7) is 0. The monoisotopic (exact) mass is 353 g/mol. The molecule has 0 radical (unpaired) electrons. The molecule has 25 heavy (non-hydrogen) atoms. The van der Waals surface area contributed by atoms with Crippen molar-refractivity contribution in [2.24, 2.45) is 0 Å². The molecule has 1 heterocycles. The number of amides is 1. The van der Waals surface area contributed by atoms with Crippen LogP contribution < -0.4 is 11.1 Å². The SMILES string of the molecule is Nc1c(NC(=O)O)ccc(-n2cc3ccc(C(F)(F)F)cc3c2)c1F. The van der Waals surface area contributed by atoms with E-state index < -0.39 is 29.3 Å². The minimum absolute atomic E-state index is 0.0156. The third-order valence-electron chi connectivity index (χ3n) is 3.65. The van der Waals surface area contributed by atoms with Gasteiger partial charge in [0.15, 0.2) is 5.82 Å². The molecule has 0 aliphatic heterocycles. The second-order valence-electron chi connectivity index (χ2n) is 5.30. The van der Waals surface area contributed by atoms with E-state index in [9.17, 15) is 22.4 Å². The molecule has 0 fully saturated rings. The number of carbonyl (C=O) groups is 1. The largest absolute Gasteiger partial charge is 0.465 e. The van der Waals surface area contributed by atoms with Gasteiger partial charge in [-0.1, -0.05) is 6.07 Å². The van der Waals surface area contributed by atoms with Gasteiger partial charge in [-0.05, 0) is 29.7 Å². The average molecular weight is 353 g/mol. The minimum Gasteiger partial charge on any atom is -0.465 e. The Kier molecular flexibility index (Phi) is 3.78. The van der Waals surface area contributed by atoms with Gasteiger partial charge in [0, 0.05) is 17.8 Å². The summed E-state index contributed by atoms with van der Waals surface area (Å²) in [6, 6.07) is 5.75. The average Bonchev–Trinajstić information content (AvgIpc) is 2.93. The second kappa shape index (κ2) is 5.69. The van der Waals surface area contributed by atoms with Crippen LogP contribution in [0.25, 0.3) is 16.5 Å². The Labute approximate surface area is 138 Å². The number of rotatable bonds is 2. The van der Waals surface area contributed by atoms with Gasteiger partial charge in [-0.2, -0.15) is 13.2 Å². The number of fused-ring (bicyclic) bond motifs is 1. The molecule has 5 nitrogen and oxygen atoms in total. The highest BCUT2D eigenvalue weighted by atomic mass is 19.4. The number of hydrogen-bond acceptors (Lipinski definition) is 2. The van der Waals surface area contributed by atoms with Gasteiger partial charge in [0.2, 0.25) is 0 Å². The number of nitrogens with one attached hydrogen (secondary N) is 1. The second-order valence-corrected chi connectivity index (χ2v) is 5.30. The first-order valence-electron chi connectivity index (χ1n) is 6.94. The summed E-state index contributed by atoms with van der Waals surface area (Å²) in [5.41, 5.74) is 4.23. The van der Waals surface area contributed by atoms with Crippen LogP contribution >= 0.6 is 0 Å². The molecular formula is C16H11F4N3O2. The van der Waals surface area contributed by atoms with E-state index in [1.54, 1.807) is 0 Å². The Hall–Kier alpha value is -3.23. The molecule has 0 saturated carbocycles. The van der Waals surface area contributed by atoms with Crippen LogP contribution in [0.2, 0.25) is 0 Å². The molecule has 0 unspecified atom stereocenters. The molecule has 0 atom stereocenters. The van der Waals surface area contributed by atoms with Crippen molar-refractivity contribution in [3.05, 3.63) is 54.1 Å². The zero-order chi connectivity index (χ0) is 18.4. The van der Waals surface area contributed by atoms with E-state index >= 15 is 0 Å². The molecule has 9 heteroatoms. The molecule has 1 amide bonds. The minimum atomic E-state index is -4.48. The van der Waals surface area contributed by atoms with E-state index in [4.69, 9.17) is 10.8 Å². The summed E-state index contributed by atoms with van der Waals surface area (Å²) in [5.74, 6) is -0.886. The van der Waals surface area contributed by atoms with Crippen molar-refractivity contribution in [1.29, 1.82) is 0 Å². The van der Waals surface area contributed by atoms with E-state index in [0.29, 0.717) is 5.39 Å². The molecular weight excluding hydrogens is 342 g/mol. The van der Waals surface area contributed by atoms with Crippen LogP contribution in [0.4, 0.5) is 33.7 Å². The number of alkyl halides is 3.